The zero-order valence-corrected chi connectivity index (χ0v) is 17.6. The fourth-order valence-electron chi connectivity index (χ4n) is 3.75. The molecule has 1 aliphatic heterocycles. The molecular formula is C25H21NO6. The van der Waals surface area contributed by atoms with E-state index in [-0.39, 0.29) is 17.9 Å². The lowest BCUT2D eigenvalue weighted by atomic mass is 9.94. The second-order valence-electron chi connectivity index (χ2n) is 7.49. The molecule has 1 fully saturated rings. The zero-order valence-electron chi connectivity index (χ0n) is 17.6. The number of furan rings is 1. The average Bonchev–Trinajstić information content (AvgIpc) is 3.41. The van der Waals surface area contributed by atoms with Gasteiger partial charge in [-0.05, 0) is 36.8 Å². The van der Waals surface area contributed by atoms with Crippen LogP contribution in [0.1, 0.15) is 38.9 Å². The molecular weight excluding hydrogens is 410 g/mol. The fourth-order valence-corrected chi connectivity index (χ4v) is 3.75. The van der Waals surface area contributed by atoms with Gasteiger partial charge < -0.3 is 19.2 Å². The number of carbonyl (C=O) groups is 3. The number of aliphatic hydroxyl groups is 1. The number of Topliss-reactive ketones (excluding diaryl/α,β-unsaturated/α-hetero) is 1. The molecule has 1 unspecified atom stereocenters. The molecule has 0 saturated carbocycles. The first kappa shape index (κ1) is 21.1. The number of aliphatic hydroxyl groups excluding tert-OH is 1. The highest BCUT2D eigenvalue weighted by molar-refractivity contribution is 6.46. The van der Waals surface area contributed by atoms with Crippen molar-refractivity contribution in [1.29, 1.82) is 0 Å². The Balaban J connectivity index is 1.84. The number of ketones is 1. The van der Waals surface area contributed by atoms with Gasteiger partial charge in [0.15, 0.2) is 0 Å². The summed E-state index contributed by atoms with van der Waals surface area (Å²) in [5.74, 6) is -1.78. The van der Waals surface area contributed by atoms with Gasteiger partial charge >= 0.3 is 5.97 Å². The lowest BCUT2D eigenvalue weighted by Gasteiger charge is -2.24. The topological polar surface area (TPSA) is 97.0 Å². The Kier molecular flexibility index (Phi) is 5.64. The van der Waals surface area contributed by atoms with Crippen molar-refractivity contribution in [2.75, 3.05) is 7.11 Å². The Hall–Kier alpha value is -4.13. The quantitative estimate of drug-likeness (QED) is 0.284. The van der Waals surface area contributed by atoms with E-state index in [4.69, 9.17) is 9.15 Å². The maximum Gasteiger partial charge on any atom is 0.337 e. The molecule has 4 rings (SSSR count). The average molecular weight is 431 g/mol. The minimum Gasteiger partial charge on any atom is -0.507 e. The van der Waals surface area contributed by atoms with Crippen LogP contribution in [0.5, 0.6) is 0 Å². The first-order valence-electron chi connectivity index (χ1n) is 9.97. The van der Waals surface area contributed by atoms with E-state index >= 15 is 0 Å². The number of hydrogen-bond donors (Lipinski definition) is 1. The maximum absolute atomic E-state index is 13.0. The SMILES string of the molecule is COC(=O)c1ccc(C2/C(=C(/O)c3ccc(C)cc3)C(=O)C(=O)N2Cc2ccco2)cc1. The summed E-state index contributed by atoms with van der Waals surface area (Å²) in [7, 11) is 1.29. The summed E-state index contributed by atoms with van der Waals surface area (Å²) in [4.78, 5) is 39.1. The Morgan fingerprint density at radius 1 is 1.03 bits per heavy atom. The molecule has 1 aliphatic rings. The number of carbonyl (C=O) groups excluding carboxylic acids is 3. The molecule has 32 heavy (non-hydrogen) atoms. The van der Waals surface area contributed by atoms with Crippen LogP contribution in [0.15, 0.2) is 76.9 Å². The Labute approximate surface area is 184 Å². The van der Waals surface area contributed by atoms with Gasteiger partial charge in [0.05, 0.1) is 37.1 Å². The van der Waals surface area contributed by atoms with E-state index in [1.165, 1.54) is 18.3 Å². The number of esters is 1. The van der Waals surface area contributed by atoms with Crippen molar-refractivity contribution in [1.82, 2.24) is 4.90 Å². The van der Waals surface area contributed by atoms with E-state index in [2.05, 4.69) is 0 Å². The normalized spacial score (nSPS) is 17.6. The Morgan fingerprint density at radius 2 is 1.69 bits per heavy atom. The molecule has 1 atom stereocenters. The van der Waals surface area contributed by atoms with Crippen LogP contribution >= 0.6 is 0 Å². The molecule has 162 valence electrons. The molecule has 2 aromatic carbocycles. The summed E-state index contributed by atoms with van der Waals surface area (Å²) < 4.78 is 10.1. The third-order valence-electron chi connectivity index (χ3n) is 5.42. The van der Waals surface area contributed by atoms with Crippen LogP contribution in [0.3, 0.4) is 0 Å². The lowest BCUT2D eigenvalue weighted by molar-refractivity contribution is -0.140. The highest BCUT2D eigenvalue weighted by Crippen LogP contribution is 2.40. The summed E-state index contributed by atoms with van der Waals surface area (Å²) in [5, 5.41) is 11.0. The molecule has 1 N–H and O–H groups in total. The van der Waals surface area contributed by atoms with Crippen LogP contribution in [-0.4, -0.2) is 34.8 Å². The highest BCUT2D eigenvalue weighted by atomic mass is 16.5. The minimum atomic E-state index is -0.854. The molecule has 7 heteroatoms. The largest absolute Gasteiger partial charge is 0.507 e. The van der Waals surface area contributed by atoms with E-state index in [0.717, 1.165) is 5.56 Å². The number of likely N-dealkylation sites (tertiary alicyclic amines) is 1. The highest BCUT2D eigenvalue weighted by Gasteiger charge is 2.46. The second-order valence-corrected chi connectivity index (χ2v) is 7.49. The monoisotopic (exact) mass is 431 g/mol. The lowest BCUT2D eigenvalue weighted by Crippen LogP contribution is -2.29. The fraction of sp³-hybridized carbons (Fsp3) is 0.160. The number of benzene rings is 2. The minimum absolute atomic E-state index is 0.0174. The number of aryl methyl sites for hydroxylation is 1. The summed E-state index contributed by atoms with van der Waals surface area (Å²) in [6.07, 6.45) is 1.48. The third-order valence-corrected chi connectivity index (χ3v) is 5.42. The van der Waals surface area contributed by atoms with Crippen LogP contribution in [0.4, 0.5) is 0 Å². The van der Waals surface area contributed by atoms with Crippen molar-refractivity contribution < 1.29 is 28.6 Å². The van der Waals surface area contributed by atoms with E-state index in [9.17, 15) is 19.5 Å². The summed E-state index contributed by atoms with van der Waals surface area (Å²) >= 11 is 0. The van der Waals surface area contributed by atoms with Gasteiger partial charge in [-0.1, -0.05) is 42.0 Å². The molecule has 3 aromatic rings. The van der Waals surface area contributed by atoms with E-state index < -0.39 is 23.7 Å². The van der Waals surface area contributed by atoms with Gasteiger partial charge in [-0.3, -0.25) is 9.59 Å². The van der Waals surface area contributed by atoms with Crippen molar-refractivity contribution >= 4 is 23.4 Å². The smallest absolute Gasteiger partial charge is 0.337 e. The molecule has 1 amide bonds. The number of hydrogen-bond acceptors (Lipinski definition) is 6. The van der Waals surface area contributed by atoms with Crippen molar-refractivity contribution in [3.8, 4) is 0 Å². The van der Waals surface area contributed by atoms with Crippen LogP contribution in [-0.2, 0) is 20.9 Å². The Morgan fingerprint density at radius 3 is 2.28 bits per heavy atom. The molecule has 2 heterocycles. The van der Waals surface area contributed by atoms with E-state index in [1.807, 2.05) is 19.1 Å². The van der Waals surface area contributed by atoms with Gasteiger partial charge in [0.1, 0.15) is 11.5 Å². The van der Waals surface area contributed by atoms with Gasteiger partial charge in [-0.15, -0.1) is 0 Å². The molecule has 0 spiro atoms. The molecule has 0 bridgehead atoms. The van der Waals surface area contributed by atoms with Gasteiger partial charge in [-0.25, -0.2) is 4.79 Å². The predicted octanol–water partition coefficient (Wildman–Crippen LogP) is 4.00. The number of rotatable bonds is 5. The zero-order chi connectivity index (χ0) is 22.8. The standard InChI is InChI=1S/C25H21NO6/c1-15-5-7-17(8-6-15)22(27)20-21(16-9-11-18(12-10-16)25(30)31-2)26(24(29)23(20)28)14-19-4-3-13-32-19/h3-13,21,27H,14H2,1-2H3/b22-20-. The van der Waals surface area contributed by atoms with Crippen LogP contribution in [0.2, 0.25) is 0 Å². The summed E-state index contributed by atoms with van der Waals surface area (Å²) in [5.41, 5.74) is 2.31. The molecule has 1 aromatic heterocycles. The first-order valence-corrected chi connectivity index (χ1v) is 9.97. The van der Waals surface area contributed by atoms with E-state index in [0.29, 0.717) is 22.5 Å². The molecule has 7 nitrogen and oxygen atoms in total. The van der Waals surface area contributed by atoms with Gasteiger partial charge in [0.2, 0.25) is 0 Å². The predicted molar refractivity (Wildman–Crippen MR) is 116 cm³/mol. The van der Waals surface area contributed by atoms with Gasteiger partial charge in [-0.2, -0.15) is 0 Å². The number of nitrogens with zero attached hydrogens (tertiary/aromatic N) is 1. The first-order chi connectivity index (χ1) is 15.4. The summed E-state index contributed by atoms with van der Waals surface area (Å²) in [6.45, 7) is 1.96. The molecule has 0 radical (unpaired) electrons. The van der Waals surface area contributed by atoms with Crippen molar-refractivity contribution in [2.45, 2.75) is 19.5 Å². The molecule has 0 aliphatic carbocycles. The molecule has 1 saturated heterocycles. The summed E-state index contributed by atoms with van der Waals surface area (Å²) in [6, 6.07) is 16.0. The second kappa shape index (κ2) is 8.55. The van der Waals surface area contributed by atoms with E-state index in [1.54, 1.807) is 48.5 Å². The van der Waals surface area contributed by atoms with Crippen LogP contribution in [0.25, 0.3) is 5.76 Å². The third kappa shape index (κ3) is 3.80. The van der Waals surface area contributed by atoms with Crippen molar-refractivity contribution in [2.24, 2.45) is 0 Å². The van der Waals surface area contributed by atoms with Gasteiger partial charge in [0, 0.05) is 5.56 Å². The van der Waals surface area contributed by atoms with Gasteiger partial charge in [0.25, 0.3) is 11.7 Å². The maximum atomic E-state index is 13.0. The number of ether oxygens (including phenoxy) is 1. The van der Waals surface area contributed by atoms with Crippen LogP contribution in [0, 0.1) is 6.92 Å². The number of methoxy groups -OCH3 is 1. The Bertz CT molecular complexity index is 1190. The van der Waals surface area contributed by atoms with Crippen LogP contribution < -0.4 is 0 Å². The number of amides is 1. The van der Waals surface area contributed by atoms with Crippen molar-refractivity contribution in [3.05, 3.63) is 101 Å². The van der Waals surface area contributed by atoms with Crippen molar-refractivity contribution in [3.63, 3.8) is 0 Å².